The van der Waals surface area contributed by atoms with Crippen molar-refractivity contribution in [3.63, 3.8) is 0 Å². The van der Waals surface area contributed by atoms with Crippen LogP contribution in [0.25, 0.3) is 22.0 Å². The van der Waals surface area contributed by atoms with E-state index in [0.717, 1.165) is 10.6 Å². The van der Waals surface area contributed by atoms with Gasteiger partial charge in [0.05, 0.1) is 18.0 Å². The number of hydrogen-bond donors (Lipinski definition) is 2. The van der Waals surface area contributed by atoms with Crippen molar-refractivity contribution in [2.45, 2.75) is 32.0 Å². The van der Waals surface area contributed by atoms with Gasteiger partial charge < -0.3 is 20.1 Å². The molecular weight excluding hydrogens is 478 g/mol. The van der Waals surface area contributed by atoms with E-state index in [1.165, 1.54) is 11.3 Å². The Labute approximate surface area is 212 Å². The predicted octanol–water partition coefficient (Wildman–Crippen LogP) is 3.58. The van der Waals surface area contributed by atoms with Gasteiger partial charge >= 0.3 is 0 Å². The minimum atomic E-state index is -1.50. The maximum atomic E-state index is 12.5. The number of thiazole rings is 1. The monoisotopic (exact) mass is 505 g/mol. The largest absolute Gasteiger partial charge is 0.472 e. The zero-order valence-electron chi connectivity index (χ0n) is 20.5. The minimum Gasteiger partial charge on any atom is -0.472 e. The number of aryl methyl sites for hydroxylation is 1. The van der Waals surface area contributed by atoms with Crippen molar-refractivity contribution in [2.75, 3.05) is 18.9 Å². The highest BCUT2D eigenvalue weighted by Gasteiger charge is 2.45. The van der Waals surface area contributed by atoms with Gasteiger partial charge in [0, 0.05) is 44.2 Å². The standard InChI is InChI=1S/C25H27N7O3S/c1-15(2)35-21-19(13-32(4)30-21)29-24-26-10-8-18(28-24)20-14-36-22(27-20)16-6-5-7-17(12-16)25(34)9-11-31(3)23(25)33/h5-8,10,12-15,34H,9,11H2,1-4H3,(H,26,28,29)/t25-/m1/s1. The van der Waals surface area contributed by atoms with Gasteiger partial charge in [0.15, 0.2) is 5.60 Å². The fourth-order valence-electron chi connectivity index (χ4n) is 4.10. The van der Waals surface area contributed by atoms with Crippen LogP contribution in [0.3, 0.4) is 0 Å². The first kappa shape index (κ1) is 23.9. The Morgan fingerprint density at radius 3 is 2.78 bits per heavy atom. The molecule has 186 valence electrons. The molecule has 1 aliphatic heterocycles. The van der Waals surface area contributed by atoms with Gasteiger partial charge in [-0.1, -0.05) is 18.2 Å². The number of likely N-dealkylation sites (N-methyl/N-ethyl adjacent to an activating group) is 1. The molecule has 11 heteroatoms. The van der Waals surface area contributed by atoms with Gasteiger partial charge in [-0.3, -0.25) is 9.48 Å². The summed E-state index contributed by atoms with van der Waals surface area (Å²) in [6.07, 6.45) is 3.82. The first-order valence-electron chi connectivity index (χ1n) is 11.6. The lowest BCUT2D eigenvalue weighted by molar-refractivity contribution is -0.143. The van der Waals surface area contributed by atoms with Gasteiger partial charge in [-0.15, -0.1) is 16.4 Å². The highest BCUT2D eigenvalue weighted by Crippen LogP contribution is 2.36. The Morgan fingerprint density at radius 1 is 1.19 bits per heavy atom. The first-order chi connectivity index (χ1) is 17.2. The molecule has 0 saturated carbocycles. The lowest BCUT2D eigenvalue weighted by Gasteiger charge is -2.21. The van der Waals surface area contributed by atoms with Gasteiger partial charge in [0.25, 0.3) is 11.8 Å². The number of aliphatic hydroxyl groups is 1. The summed E-state index contributed by atoms with van der Waals surface area (Å²) < 4.78 is 7.43. The number of likely N-dealkylation sites (tertiary alicyclic amines) is 1. The molecule has 1 atom stereocenters. The number of amides is 1. The Bertz CT molecular complexity index is 1420. The number of ether oxygens (including phenoxy) is 1. The summed E-state index contributed by atoms with van der Waals surface area (Å²) in [5.41, 5.74) is 1.94. The molecule has 4 heterocycles. The van der Waals surface area contributed by atoms with Crippen molar-refractivity contribution in [1.29, 1.82) is 0 Å². The van der Waals surface area contributed by atoms with Crippen molar-refractivity contribution in [3.8, 4) is 27.8 Å². The predicted molar refractivity (Wildman–Crippen MR) is 137 cm³/mol. The summed E-state index contributed by atoms with van der Waals surface area (Å²) in [5, 5.41) is 21.2. The quantitative estimate of drug-likeness (QED) is 0.391. The third-order valence-electron chi connectivity index (χ3n) is 5.91. The van der Waals surface area contributed by atoms with Crippen LogP contribution in [0.15, 0.2) is 48.1 Å². The molecule has 1 fully saturated rings. The van der Waals surface area contributed by atoms with Gasteiger partial charge in [0.2, 0.25) is 5.95 Å². The van der Waals surface area contributed by atoms with Crippen LogP contribution < -0.4 is 10.1 Å². The molecule has 3 aromatic heterocycles. The van der Waals surface area contributed by atoms with Crippen molar-refractivity contribution < 1.29 is 14.6 Å². The molecule has 0 unspecified atom stereocenters. The molecule has 2 N–H and O–H groups in total. The van der Waals surface area contributed by atoms with Crippen molar-refractivity contribution >= 4 is 28.9 Å². The summed E-state index contributed by atoms with van der Waals surface area (Å²) in [7, 11) is 3.52. The Morgan fingerprint density at radius 2 is 2.03 bits per heavy atom. The average Bonchev–Trinajstić information content (AvgIpc) is 3.55. The van der Waals surface area contributed by atoms with Crippen LogP contribution in [0.2, 0.25) is 0 Å². The molecule has 0 bridgehead atoms. The van der Waals surface area contributed by atoms with E-state index in [1.807, 2.05) is 50.7 Å². The average molecular weight is 506 g/mol. The van der Waals surface area contributed by atoms with E-state index in [-0.39, 0.29) is 12.0 Å². The number of hydrogen-bond acceptors (Lipinski definition) is 9. The molecule has 10 nitrogen and oxygen atoms in total. The SMILES string of the molecule is CC(C)Oc1nn(C)cc1Nc1nccc(-c2csc(-c3cccc([C@]4(O)CCN(C)C4=O)c3)n2)n1. The molecule has 1 aromatic carbocycles. The van der Waals surface area contributed by atoms with E-state index >= 15 is 0 Å². The topological polar surface area (TPSA) is 118 Å². The molecule has 4 aromatic rings. The number of benzene rings is 1. The summed E-state index contributed by atoms with van der Waals surface area (Å²) in [4.78, 5) is 27.8. The second-order valence-corrected chi connectivity index (χ2v) is 9.89. The van der Waals surface area contributed by atoms with E-state index in [0.29, 0.717) is 47.4 Å². The van der Waals surface area contributed by atoms with Crippen LogP contribution in [-0.4, -0.2) is 60.3 Å². The maximum Gasteiger partial charge on any atom is 0.258 e. The van der Waals surface area contributed by atoms with Crippen molar-refractivity contribution in [2.24, 2.45) is 7.05 Å². The van der Waals surface area contributed by atoms with E-state index in [1.54, 1.807) is 35.0 Å². The van der Waals surface area contributed by atoms with Gasteiger partial charge in [-0.25, -0.2) is 15.0 Å². The number of aromatic nitrogens is 5. The van der Waals surface area contributed by atoms with E-state index < -0.39 is 5.60 Å². The number of anilines is 2. The molecule has 0 radical (unpaired) electrons. The number of carbonyl (C=O) groups excluding carboxylic acids is 1. The van der Waals surface area contributed by atoms with Crippen LogP contribution in [0.4, 0.5) is 11.6 Å². The molecule has 36 heavy (non-hydrogen) atoms. The molecule has 1 amide bonds. The van der Waals surface area contributed by atoms with Gasteiger partial charge in [-0.2, -0.15) is 0 Å². The second-order valence-electron chi connectivity index (χ2n) is 9.03. The number of nitrogens with zero attached hydrogens (tertiary/aromatic N) is 6. The Balaban J connectivity index is 1.39. The summed E-state index contributed by atoms with van der Waals surface area (Å²) >= 11 is 1.47. The zero-order valence-corrected chi connectivity index (χ0v) is 21.3. The summed E-state index contributed by atoms with van der Waals surface area (Å²) in [6, 6.07) is 9.18. The second kappa shape index (κ2) is 9.32. The Hall–Kier alpha value is -3.83. The number of rotatable bonds is 7. The molecule has 5 rings (SSSR count). The minimum absolute atomic E-state index is 0.0203. The van der Waals surface area contributed by atoms with E-state index in [9.17, 15) is 9.90 Å². The molecule has 0 aliphatic carbocycles. The summed E-state index contributed by atoms with van der Waals surface area (Å²) in [5.74, 6) is 0.596. The Kier molecular flexibility index (Phi) is 6.19. The molecule has 0 spiro atoms. The van der Waals surface area contributed by atoms with Crippen LogP contribution >= 0.6 is 11.3 Å². The lowest BCUT2D eigenvalue weighted by Crippen LogP contribution is -2.36. The van der Waals surface area contributed by atoms with Crippen molar-refractivity contribution in [1.82, 2.24) is 29.6 Å². The highest BCUT2D eigenvalue weighted by atomic mass is 32.1. The fraction of sp³-hybridized carbons (Fsp3) is 0.320. The number of carbonyl (C=O) groups is 1. The van der Waals surface area contributed by atoms with Crippen LogP contribution in [0.1, 0.15) is 25.8 Å². The molecule has 1 saturated heterocycles. The third-order valence-corrected chi connectivity index (χ3v) is 6.80. The van der Waals surface area contributed by atoms with Crippen LogP contribution in [0, 0.1) is 0 Å². The lowest BCUT2D eigenvalue weighted by atomic mass is 9.91. The zero-order chi connectivity index (χ0) is 25.4. The molecule has 1 aliphatic rings. The van der Waals surface area contributed by atoms with E-state index in [2.05, 4.69) is 20.4 Å². The number of nitrogens with one attached hydrogen (secondary N) is 1. The third kappa shape index (κ3) is 4.54. The fourth-order valence-corrected chi connectivity index (χ4v) is 4.91. The normalized spacial score (nSPS) is 17.7. The van der Waals surface area contributed by atoms with E-state index in [4.69, 9.17) is 9.72 Å². The molecular formula is C25H27N7O3S. The van der Waals surface area contributed by atoms with Gasteiger partial charge in [-0.05, 0) is 31.5 Å². The smallest absolute Gasteiger partial charge is 0.258 e. The highest BCUT2D eigenvalue weighted by molar-refractivity contribution is 7.13. The van der Waals surface area contributed by atoms with Crippen LogP contribution in [0.5, 0.6) is 5.88 Å². The van der Waals surface area contributed by atoms with Crippen molar-refractivity contribution in [3.05, 3.63) is 53.7 Å². The van der Waals surface area contributed by atoms with Gasteiger partial charge in [0.1, 0.15) is 16.4 Å². The maximum absolute atomic E-state index is 12.5. The van der Waals surface area contributed by atoms with Crippen LogP contribution in [-0.2, 0) is 17.4 Å². The first-order valence-corrected chi connectivity index (χ1v) is 12.5. The summed E-state index contributed by atoms with van der Waals surface area (Å²) in [6.45, 7) is 4.40.